The summed E-state index contributed by atoms with van der Waals surface area (Å²) in [5, 5.41) is 0. The molecule has 0 unspecified atom stereocenters. The van der Waals surface area contributed by atoms with Gasteiger partial charge >= 0.3 is 0 Å². The Bertz CT molecular complexity index is 274. The van der Waals surface area contributed by atoms with Crippen molar-refractivity contribution in [1.29, 1.82) is 0 Å². The summed E-state index contributed by atoms with van der Waals surface area (Å²) in [6.45, 7) is 8.94. The van der Waals surface area contributed by atoms with E-state index in [2.05, 4.69) is 18.9 Å². The molecule has 1 aliphatic rings. The van der Waals surface area contributed by atoms with Crippen LogP contribution in [0.15, 0.2) is 30.3 Å². The third kappa shape index (κ3) is 8.24. The highest BCUT2D eigenvalue weighted by molar-refractivity contribution is 5.02. The van der Waals surface area contributed by atoms with Crippen molar-refractivity contribution < 1.29 is 4.39 Å². The lowest BCUT2D eigenvalue weighted by Gasteiger charge is -2.28. The maximum atomic E-state index is 11.9. The smallest absolute Gasteiger partial charge is 0.123 e. The summed E-state index contributed by atoms with van der Waals surface area (Å²) in [5.41, 5.74) is 0. The molecule has 1 aromatic carbocycles. The summed E-state index contributed by atoms with van der Waals surface area (Å²) in [7, 11) is 2.22. The number of piperidine rings is 1. The van der Waals surface area contributed by atoms with Crippen LogP contribution in [0.1, 0.15) is 40.0 Å². The van der Waals surface area contributed by atoms with Crippen molar-refractivity contribution in [2.75, 3.05) is 20.1 Å². The first-order chi connectivity index (χ1) is 8.72. The highest BCUT2D eigenvalue weighted by Gasteiger charge is 2.14. The maximum absolute atomic E-state index is 11.9. The van der Waals surface area contributed by atoms with Crippen LogP contribution in [-0.2, 0) is 0 Å². The average Bonchev–Trinajstić information content (AvgIpc) is 2.42. The number of nitrogens with zero attached hydrogens (tertiary/aromatic N) is 1. The van der Waals surface area contributed by atoms with E-state index in [9.17, 15) is 4.39 Å². The Hall–Kier alpha value is -0.890. The molecule has 2 heteroatoms. The Labute approximate surface area is 112 Å². The predicted molar refractivity (Wildman–Crippen MR) is 78.3 cm³/mol. The third-order valence-electron chi connectivity index (χ3n) is 3.03. The lowest BCUT2D eigenvalue weighted by atomic mass is 9.96. The number of hydrogen-bond acceptors (Lipinski definition) is 1. The molecule has 1 aliphatic heterocycles. The van der Waals surface area contributed by atoms with Crippen molar-refractivity contribution in [3.05, 3.63) is 36.1 Å². The molecule has 1 nitrogen and oxygen atoms in total. The molecular weight excluding hydrogens is 225 g/mol. The molecule has 0 aliphatic carbocycles. The van der Waals surface area contributed by atoms with Gasteiger partial charge < -0.3 is 4.90 Å². The van der Waals surface area contributed by atoms with E-state index in [-0.39, 0.29) is 5.82 Å². The van der Waals surface area contributed by atoms with Crippen LogP contribution >= 0.6 is 0 Å². The highest BCUT2D eigenvalue weighted by Crippen LogP contribution is 2.17. The van der Waals surface area contributed by atoms with Gasteiger partial charge in [0.15, 0.2) is 0 Å². The summed E-state index contributed by atoms with van der Waals surface area (Å²) in [4.78, 5) is 2.44. The van der Waals surface area contributed by atoms with Gasteiger partial charge in [-0.25, -0.2) is 4.39 Å². The second-order valence-electron chi connectivity index (χ2n) is 4.47. The van der Waals surface area contributed by atoms with E-state index in [1.54, 1.807) is 18.2 Å². The molecule has 0 aromatic heterocycles. The largest absolute Gasteiger partial charge is 0.306 e. The Morgan fingerprint density at radius 3 is 2.17 bits per heavy atom. The van der Waals surface area contributed by atoms with E-state index in [0.29, 0.717) is 0 Å². The highest BCUT2D eigenvalue weighted by atomic mass is 19.1. The van der Waals surface area contributed by atoms with Crippen molar-refractivity contribution in [3.63, 3.8) is 0 Å². The minimum atomic E-state index is -0.178. The molecule has 1 atom stereocenters. The standard InChI is InChI=1S/C8H17N.C6H5F.C2H6/c1-3-8-5-4-6-9(2)7-8;7-6-4-2-1-3-5-6;1-2/h8H,3-7H2,1-2H3;1-5H;1-2H3/t8-;;/m0../s1. The molecule has 0 spiro atoms. The van der Waals surface area contributed by atoms with Crippen LogP contribution in [0, 0.1) is 11.7 Å². The fraction of sp³-hybridized carbons (Fsp3) is 0.625. The molecule has 0 amide bonds. The van der Waals surface area contributed by atoms with Crippen molar-refractivity contribution in [2.45, 2.75) is 40.0 Å². The van der Waals surface area contributed by atoms with Gasteiger partial charge in [-0.3, -0.25) is 0 Å². The number of rotatable bonds is 1. The Morgan fingerprint density at radius 2 is 1.83 bits per heavy atom. The number of likely N-dealkylation sites (tertiary alicyclic amines) is 1. The molecule has 18 heavy (non-hydrogen) atoms. The predicted octanol–water partition coefficient (Wildman–Crippen LogP) is 4.59. The number of halogens is 1. The van der Waals surface area contributed by atoms with E-state index in [1.165, 1.54) is 44.5 Å². The molecule has 1 aromatic rings. The summed E-state index contributed by atoms with van der Waals surface area (Å²) >= 11 is 0. The molecule has 1 heterocycles. The normalized spacial score (nSPS) is 19.1. The van der Waals surface area contributed by atoms with Gasteiger partial charge in [-0.05, 0) is 44.5 Å². The maximum Gasteiger partial charge on any atom is 0.123 e. The minimum Gasteiger partial charge on any atom is -0.306 e. The van der Waals surface area contributed by atoms with Crippen LogP contribution in [0.5, 0.6) is 0 Å². The van der Waals surface area contributed by atoms with Crippen molar-refractivity contribution in [1.82, 2.24) is 4.90 Å². The first-order valence-electron chi connectivity index (χ1n) is 7.11. The number of benzene rings is 1. The minimum absolute atomic E-state index is 0.178. The van der Waals surface area contributed by atoms with Gasteiger partial charge in [-0.1, -0.05) is 45.4 Å². The monoisotopic (exact) mass is 253 g/mol. The van der Waals surface area contributed by atoms with Gasteiger partial charge in [-0.15, -0.1) is 0 Å². The van der Waals surface area contributed by atoms with Crippen molar-refractivity contribution in [2.24, 2.45) is 5.92 Å². The second-order valence-corrected chi connectivity index (χ2v) is 4.47. The molecule has 1 fully saturated rings. The second kappa shape index (κ2) is 11.2. The number of hydrogen-bond donors (Lipinski definition) is 0. The van der Waals surface area contributed by atoms with E-state index >= 15 is 0 Å². The zero-order valence-electron chi connectivity index (χ0n) is 12.3. The zero-order valence-corrected chi connectivity index (χ0v) is 12.3. The van der Waals surface area contributed by atoms with Gasteiger partial charge in [0.2, 0.25) is 0 Å². The summed E-state index contributed by atoms with van der Waals surface area (Å²) < 4.78 is 11.9. The van der Waals surface area contributed by atoms with E-state index in [0.717, 1.165) is 5.92 Å². The van der Waals surface area contributed by atoms with Crippen molar-refractivity contribution >= 4 is 0 Å². The molecule has 2 rings (SSSR count). The molecule has 1 saturated heterocycles. The fourth-order valence-corrected chi connectivity index (χ4v) is 2.02. The van der Waals surface area contributed by atoms with E-state index in [1.807, 2.05) is 13.8 Å². The molecule has 104 valence electrons. The lowest BCUT2D eigenvalue weighted by Crippen LogP contribution is -2.31. The van der Waals surface area contributed by atoms with Gasteiger partial charge in [0.25, 0.3) is 0 Å². The van der Waals surface area contributed by atoms with E-state index < -0.39 is 0 Å². The first-order valence-corrected chi connectivity index (χ1v) is 7.11. The average molecular weight is 253 g/mol. The summed E-state index contributed by atoms with van der Waals surface area (Å²) in [6.07, 6.45) is 4.24. The van der Waals surface area contributed by atoms with Gasteiger partial charge in [0, 0.05) is 6.54 Å². The van der Waals surface area contributed by atoms with Gasteiger partial charge in [0.05, 0.1) is 0 Å². The van der Waals surface area contributed by atoms with Crippen LogP contribution in [0.2, 0.25) is 0 Å². The van der Waals surface area contributed by atoms with Crippen molar-refractivity contribution in [3.8, 4) is 0 Å². The lowest BCUT2D eigenvalue weighted by molar-refractivity contribution is 0.206. The van der Waals surface area contributed by atoms with Crippen LogP contribution in [-0.4, -0.2) is 25.0 Å². The van der Waals surface area contributed by atoms with Gasteiger partial charge in [-0.2, -0.15) is 0 Å². The topological polar surface area (TPSA) is 3.24 Å². The molecule has 0 bridgehead atoms. The van der Waals surface area contributed by atoms with Crippen LogP contribution in [0.4, 0.5) is 4.39 Å². The molecule has 0 N–H and O–H groups in total. The summed E-state index contributed by atoms with van der Waals surface area (Å²) in [5.74, 6) is 0.811. The van der Waals surface area contributed by atoms with Crippen LogP contribution < -0.4 is 0 Å². The quantitative estimate of drug-likeness (QED) is 0.707. The molecule has 0 saturated carbocycles. The Balaban J connectivity index is 0.000000289. The Morgan fingerprint density at radius 1 is 1.22 bits per heavy atom. The first kappa shape index (κ1) is 17.1. The SMILES string of the molecule is CC.CC[C@H]1CCCN(C)C1.Fc1ccccc1. The third-order valence-corrected chi connectivity index (χ3v) is 3.03. The zero-order chi connectivity index (χ0) is 13.8. The van der Waals surface area contributed by atoms with Crippen LogP contribution in [0.25, 0.3) is 0 Å². The van der Waals surface area contributed by atoms with Gasteiger partial charge in [0.1, 0.15) is 5.82 Å². The molecule has 0 radical (unpaired) electrons. The fourth-order valence-electron chi connectivity index (χ4n) is 2.02. The Kier molecular flexibility index (Phi) is 10.7. The van der Waals surface area contributed by atoms with E-state index in [4.69, 9.17) is 0 Å². The summed E-state index contributed by atoms with van der Waals surface area (Å²) in [6, 6.07) is 7.94. The molecular formula is C16H28FN. The van der Waals surface area contributed by atoms with Crippen LogP contribution in [0.3, 0.4) is 0 Å².